The Hall–Kier alpha value is 5.74. The predicted octanol–water partition coefficient (Wildman–Crippen LogP) is 21.4. The Morgan fingerprint density at radius 3 is 1.53 bits per heavy atom. The molecule has 5 aromatic carbocycles. The van der Waals surface area contributed by atoms with Crippen molar-refractivity contribution in [3.63, 3.8) is 0 Å². The molecule has 0 amide bonds. The monoisotopic (exact) mass is 1890 g/mol. The van der Waals surface area contributed by atoms with E-state index in [2.05, 4.69) is 357 Å². The smallest absolute Gasteiger partial charge is 0.0773 e. The van der Waals surface area contributed by atoms with Gasteiger partial charge >= 0.3 is 0 Å². The van der Waals surface area contributed by atoms with E-state index >= 15 is 0 Å². The summed E-state index contributed by atoms with van der Waals surface area (Å²) in [6, 6.07) is 19.1. The summed E-state index contributed by atoms with van der Waals surface area (Å²) in [5.41, 5.74) is 2.73. The molecule has 0 N–H and O–H groups in total. The molecule has 0 heterocycles. The fourth-order valence-corrected chi connectivity index (χ4v) is 25.5. The van der Waals surface area contributed by atoms with Crippen LogP contribution in [0.3, 0.4) is 0 Å². The van der Waals surface area contributed by atoms with Gasteiger partial charge in [0.1, 0.15) is 18.3 Å². The van der Waals surface area contributed by atoms with Gasteiger partial charge in [0.15, 0.2) is 2.14 Å². The Labute approximate surface area is 453 Å². The zero-order valence-electron chi connectivity index (χ0n) is 23.9. The lowest BCUT2D eigenvalue weighted by molar-refractivity contribution is 0.432. The molecule has 0 aliphatic heterocycles. The summed E-state index contributed by atoms with van der Waals surface area (Å²) in [7, 11) is 0. The Balaban J connectivity index is 1.78. The minimum absolute atomic E-state index is 0.778. The molecular formula is C32H9Br19. The van der Waals surface area contributed by atoms with Crippen LogP contribution in [-0.2, 0) is 7.56 Å². The van der Waals surface area contributed by atoms with Gasteiger partial charge in [0.25, 0.3) is 0 Å². The topological polar surface area (TPSA) is 0 Å². The van der Waals surface area contributed by atoms with Crippen LogP contribution in [-0.4, -0.2) is 12.9 Å². The number of fused-ring (bicyclic) bond motifs is 4. The maximum Gasteiger partial charge on any atom is 0.154 e. The molecule has 5 aromatic rings. The van der Waals surface area contributed by atoms with Crippen molar-refractivity contribution < 1.29 is 0 Å². The number of hydrogen-bond acceptors (Lipinski definition) is 0. The van der Waals surface area contributed by atoms with Crippen LogP contribution in [0.2, 0.25) is 0 Å². The molecule has 0 radical (unpaired) electrons. The van der Waals surface area contributed by atoms with Crippen LogP contribution < -0.4 is 0 Å². The summed E-state index contributed by atoms with van der Waals surface area (Å²) >= 11 is 77.9. The largest absolute Gasteiger partial charge is 0.154 e. The molecule has 6 rings (SSSR count). The van der Waals surface area contributed by atoms with Crippen molar-refractivity contribution in [1.82, 2.24) is 0 Å². The summed E-state index contributed by atoms with van der Waals surface area (Å²) in [6.45, 7) is 0. The van der Waals surface area contributed by atoms with Gasteiger partial charge in [-0.15, -0.1) is 0 Å². The summed E-state index contributed by atoms with van der Waals surface area (Å²) in [4.78, 5) is 0. The molecule has 0 saturated carbocycles. The molecular weight excluding hydrogens is 1900 g/mol. The van der Waals surface area contributed by atoms with E-state index in [0.29, 0.717) is 0 Å². The molecule has 0 aromatic heterocycles. The molecule has 2 atom stereocenters. The quantitative estimate of drug-likeness (QED) is 0.0728. The predicted molar refractivity (Wildman–Crippen MR) is 289 cm³/mol. The minimum Gasteiger partial charge on any atom is -0.0773 e. The van der Waals surface area contributed by atoms with E-state index in [9.17, 15) is 0 Å². The van der Waals surface area contributed by atoms with Crippen LogP contribution in [0.4, 0.5) is 0 Å². The fraction of sp³-hybridized carbons (Fsp3) is 0.188. The number of benzene rings is 5. The van der Waals surface area contributed by atoms with Gasteiger partial charge in [-0.3, -0.25) is 0 Å². The molecule has 1 aliphatic rings. The van der Waals surface area contributed by atoms with Gasteiger partial charge in [-0.25, -0.2) is 0 Å². The molecule has 0 saturated heterocycles. The SMILES string of the molecule is BrC1=C(Br)C(Br)(Br)C(Br)(C(Br)(C(Br)(Br)Br)C(Br)(Br)C(Br)(Br)c2cccc3cc4ccccc4cc23)c2c1c(Br)c1c(Br)c(Br)c(Br)c(Br)c1c2Br. The van der Waals surface area contributed by atoms with Crippen molar-refractivity contribution >= 4 is 339 Å². The molecule has 0 spiro atoms. The number of rotatable bonds is 4. The van der Waals surface area contributed by atoms with Gasteiger partial charge in [0.2, 0.25) is 0 Å². The van der Waals surface area contributed by atoms with Gasteiger partial charge in [0.05, 0.1) is 0 Å². The molecule has 0 bridgehead atoms. The first-order chi connectivity index (χ1) is 23.3. The molecule has 51 heavy (non-hydrogen) atoms. The van der Waals surface area contributed by atoms with Crippen LogP contribution in [0, 0.1) is 0 Å². The van der Waals surface area contributed by atoms with Crippen molar-refractivity contribution in [1.29, 1.82) is 0 Å². The second-order valence-electron chi connectivity index (χ2n) is 11.3. The van der Waals surface area contributed by atoms with E-state index in [0.717, 1.165) is 79.4 Å². The third-order valence-electron chi connectivity index (χ3n) is 8.64. The summed E-state index contributed by atoms with van der Waals surface area (Å²) in [5.74, 6) is 0. The van der Waals surface area contributed by atoms with Gasteiger partial charge < -0.3 is 0 Å². The van der Waals surface area contributed by atoms with E-state index in [1.54, 1.807) is 0 Å². The summed E-state index contributed by atoms with van der Waals surface area (Å²) in [5, 5.41) is 6.32. The lowest BCUT2D eigenvalue weighted by atomic mass is 9.75. The van der Waals surface area contributed by atoms with Crippen molar-refractivity contribution in [2.24, 2.45) is 0 Å². The molecule has 1 aliphatic carbocycles. The van der Waals surface area contributed by atoms with E-state index in [1.807, 2.05) is 0 Å². The lowest BCUT2D eigenvalue weighted by Gasteiger charge is -2.62. The first-order valence-electron chi connectivity index (χ1n) is 13.6. The second-order valence-corrected chi connectivity index (χ2v) is 37.1. The maximum atomic E-state index is 4.46. The van der Waals surface area contributed by atoms with E-state index in [4.69, 9.17) is 0 Å². The molecule has 2 unspecified atom stereocenters. The average molecular weight is 1910 g/mol. The Kier molecular flexibility index (Phi) is 14.6. The van der Waals surface area contributed by atoms with Crippen molar-refractivity contribution in [3.05, 3.63) is 103 Å². The van der Waals surface area contributed by atoms with Gasteiger partial charge in [-0.05, 0) is 156 Å². The highest BCUT2D eigenvalue weighted by atomic mass is 80.0. The van der Waals surface area contributed by atoms with E-state index < -0.39 is 20.5 Å². The molecule has 19 heteroatoms. The van der Waals surface area contributed by atoms with Crippen molar-refractivity contribution in [2.75, 3.05) is 0 Å². The third-order valence-corrected chi connectivity index (χ3v) is 36.3. The van der Waals surface area contributed by atoms with Gasteiger partial charge in [-0.1, -0.05) is 234 Å². The molecule has 270 valence electrons. The second kappa shape index (κ2) is 16.1. The van der Waals surface area contributed by atoms with Gasteiger partial charge in [-0.2, -0.15) is 0 Å². The summed E-state index contributed by atoms with van der Waals surface area (Å²) < 4.78 is -0.0506. The van der Waals surface area contributed by atoms with Gasteiger partial charge in [0, 0.05) is 52.1 Å². The highest BCUT2D eigenvalue weighted by Crippen LogP contribution is 2.81. The fourth-order valence-electron chi connectivity index (χ4n) is 6.20. The highest BCUT2D eigenvalue weighted by Gasteiger charge is 2.79. The number of halogens is 19. The highest BCUT2D eigenvalue weighted by molar-refractivity contribution is 9.40. The zero-order chi connectivity index (χ0) is 38.2. The maximum absolute atomic E-state index is 4.46. The zero-order valence-corrected chi connectivity index (χ0v) is 54.0. The van der Waals surface area contributed by atoms with Crippen LogP contribution in [0.5, 0.6) is 0 Å². The Morgan fingerprint density at radius 1 is 0.510 bits per heavy atom. The van der Waals surface area contributed by atoms with Crippen LogP contribution in [0.1, 0.15) is 16.7 Å². The Morgan fingerprint density at radius 2 is 1.00 bits per heavy atom. The lowest BCUT2D eigenvalue weighted by Crippen LogP contribution is -2.70. The van der Waals surface area contributed by atoms with Crippen LogP contribution in [0.25, 0.3) is 36.8 Å². The minimum atomic E-state index is -1.23. The number of alkyl halides is 11. The Bertz CT molecular complexity index is 2360. The first kappa shape index (κ1) is 46.2. The summed E-state index contributed by atoms with van der Waals surface area (Å²) in [6.07, 6.45) is 0. The third kappa shape index (κ3) is 6.81. The van der Waals surface area contributed by atoms with Crippen molar-refractivity contribution in [3.8, 4) is 0 Å². The van der Waals surface area contributed by atoms with E-state index in [-0.39, 0.29) is 0 Å². The molecule has 0 fully saturated rings. The first-order valence-corrected chi connectivity index (χ1v) is 28.6. The normalized spacial score (nSPS) is 19.6. The molecule has 0 nitrogen and oxygen atoms in total. The van der Waals surface area contributed by atoms with Crippen molar-refractivity contribution in [2.45, 2.75) is 20.5 Å². The average Bonchev–Trinajstić information content (AvgIpc) is 3.06. The standard InChI is InChI=1S/C32H9Br19/c33-19-15-16(22(36)25(39)24(38)21(15)35)20(34)18-17(19)23(37)26(40)29(44,45)27(18,41)30(46,32(49,50)51)31(47,48)28(42,43)14-7-3-6-12-8-10-4-1-2-5-11(10)9-13(12)14/h1-9H. The number of hydrogen-bond donors (Lipinski definition) is 0. The van der Waals surface area contributed by atoms with E-state index in [1.165, 1.54) is 5.39 Å². The number of allylic oxidation sites excluding steroid dienone is 1. The van der Waals surface area contributed by atoms with Crippen LogP contribution in [0.15, 0.2) is 85.9 Å². The van der Waals surface area contributed by atoms with Crippen LogP contribution >= 0.6 is 303 Å².